The molecule has 1 aliphatic heterocycles. The number of fused-ring (bicyclic) bond motifs is 3. The highest BCUT2D eigenvalue weighted by molar-refractivity contribution is 7.16. The Balaban J connectivity index is 1.88. The Morgan fingerprint density at radius 3 is 2.68 bits per heavy atom. The van der Waals surface area contributed by atoms with Gasteiger partial charge in [0.05, 0.1) is 5.52 Å². The van der Waals surface area contributed by atoms with Crippen LogP contribution in [0.15, 0.2) is 41.2 Å². The number of anilines is 1. The number of carbonyl (C=O) groups is 1. The van der Waals surface area contributed by atoms with Crippen molar-refractivity contribution in [2.24, 2.45) is 0 Å². The smallest absolute Gasteiger partial charge is 0.342 e. The van der Waals surface area contributed by atoms with Crippen LogP contribution in [-0.2, 0) is 6.67 Å². The minimum atomic E-state index is -1.27. The molecule has 0 amide bonds. The van der Waals surface area contributed by atoms with Gasteiger partial charge in [-0.25, -0.2) is 9.18 Å². The average Bonchev–Trinajstić information content (AvgIpc) is 3.17. The predicted molar refractivity (Wildman–Crippen MR) is 110 cm³/mol. The molecule has 1 aromatic carbocycles. The first-order valence-electron chi connectivity index (χ1n) is 9.01. The molecule has 8 heteroatoms. The lowest BCUT2D eigenvalue weighted by Crippen LogP contribution is -2.46. The fourth-order valence-corrected chi connectivity index (χ4v) is 4.71. The quantitative estimate of drug-likeness (QED) is 0.666. The zero-order valence-electron chi connectivity index (χ0n) is 15.2. The Morgan fingerprint density at radius 2 is 2.04 bits per heavy atom. The molecule has 3 heterocycles. The summed E-state index contributed by atoms with van der Waals surface area (Å²) in [7, 11) is 0. The number of rotatable bonds is 5. The highest BCUT2D eigenvalue weighted by atomic mass is 32.1. The monoisotopic (exact) mass is 401 g/mol. The van der Waals surface area contributed by atoms with E-state index in [1.165, 1.54) is 17.4 Å². The number of alkyl halides is 1. The van der Waals surface area contributed by atoms with E-state index in [-0.39, 0.29) is 10.9 Å². The summed E-state index contributed by atoms with van der Waals surface area (Å²) >= 11 is 1.21. The van der Waals surface area contributed by atoms with Crippen LogP contribution in [0.4, 0.5) is 10.1 Å². The van der Waals surface area contributed by atoms with Crippen LogP contribution in [0, 0.1) is 0 Å². The van der Waals surface area contributed by atoms with Crippen LogP contribution >= 0.6 is 11.3 Å². The number of benzene rings is 1. The van der Waals surface area contributed by atoms with Gasteiger partial charge in [-0.1, -0.05) is 6.08 Å². The van der Waals surface area contributed by atoms with Crippen molar-refractivity contribution in [2.45, 2.75) is 6.67 Å². The molecule has 3 aromatic rings. The van der Waals surface area contributed by atoms with Crippen LogP contribution in [0.1, 0.15) is 15.9 Å². The maximum Gasteiger partial charge on any atom is 0.342 e. The molecule has 0 unspecified atom stereocenters. The minimum Gasteiger partial charge on any atom is -0.477 e. The van der Waals surface area contributed by atoms with Crippen molar-refractivity contribution >= 4 is 38.7 Å². The highest BCUT2D eigenvalue weighted by Crippen LogP contribution is 2.30. The van der Waals surface area contributed by atoms with Crippen LogP contribution in [0.2, 0.25) is 0 Å². The largest absolute Gasteiger partial charge is 0.477 e. The molecule has 0 radical (unpaired) electrons. The van der Waals surface area contributed by atoms with E-state index in [1.54, 1.807) is 16.0 Å². The molecule has 146 valence electrons. The number of thiazole rings is 1. The standard InChI is InChI=1S/C20H20FN3O3S/c1-2-3-22-4-6-23(7-5-22)15-11-16-14(10-13(15)12-21)18(25)17(20(26)27)19-24(16)8-9-28-19/h2,8-11H,1,3-7,12H2,(H,26,27). The number of halogens is 1. The van der Waals surface area contributed by atoms with E-state index in [0.717, 1.165) is 38.4 Å². The van der Waals surface area contributed by atoms with Gasteiger partial charge >= 0.3 is 5.97 Å². The third-order valence-corrected chi connectivity index (χ3v) is 6.09. The zero-order chi connectivity index (χ0) is 19.8. The summed E-state index contributed by atoms with van der Waals surface area (Å²) in [6, 6.07) is 3.33. The van der Waals surface area contributed by atoms with Crippen LogP contribution in [0.3, 0.4) is 0 Å². The summed E-state index contributed by atoms with van der Waals surface area (Å²) in [5.41, 5.74) is 0.941. The van der Waals surface area contributed by atoms with Crippen molar-refractivity contribution in [3.63, 3.8) is 0 Å². The van der Waals surface area contributed by atoms with Crippen molar-refractivity contribution in [3.05, 3.63) is 57.7 Å². The van der Waals surface area contributed by atoms with Crippen LogP contribution in [-0.4, -0.2) is 53.1 Å². The Kier molecular flexibility index (Phi) is 4.91. The lowest BCUT2D eigenvalue weighted by atomic mass is 10.0. The minimum absolute atomic E-state index is 0.231. The maximum atomic E-state index is 13.8. The summed E-state index contributed by atoms with van der Waals surface area (Å²) in [5.74, 6) is -1.27. The van der Waals surface area contributed by atoms with Gasteiger partial charge in [0.25, 0.3) is 0 Å². The number of carboxylic acids is 1. The van der Waals surface area contributed by atoms with Gasteiger partial charge < -0.3 is 14.4 Å². The number of hydrogen-bond donors (Lipinski definition) is 1. The van der Waals surface area contributed by atoms with E-state index >= 15 is 0 Å². The third kappa shape index (κ3) is 2.98. The van der Waals surface area contributed by atoms with Crippen LogP contribution in [0.25, 0.3) is 15.7 Å². The van der Waals surface area contributed by atoms with Crippen LogP contribution in [0.5, 0.6) is 0 Å². The van der Waals surface area contributed by atoms with Gasteiger partial charge in [-0.2, -0.15) is 0 Å². The molecule has 0 saturated carbocycles. The first-order chi connectivity index (χ1) is 13.5. The van der Waals surface area contributed by atoms with Gasteiger partial charge in [0, 0.05) is 60.9 Å². The van der Waals surface area contributed by atoms with Gasteiger partial charge in [-0.05, 0) is 12.1 Å². The molecule has 0 bridgehead atoms. The Labute approximate surface area is 164 Å². The molecular weight excluding hydrogens is 381 g/mol. The zero-order valence-corrected chi connectivity index (χ0v) is 16.0. The molecule has 2 aromatic heterocycles. The van der Waals surface area contributed by atoms with E-state index in [4.69, 9.17) is 0 Å². The van der Waals surface area contributed by atoms with Gasteiger partial charge in [0.2, 0.25) is 5.43 Å². The van der Waals surface area contributed by atoms with Crippen molar-refractivity contribution in [1.29, 1.82) is 0 Å². The van der Waals surface area contributed by atoms with Crippen molar-refractivity contribution in [1.82, 2.24) is 9.30 Å². The second-order valence-corrected chi connectivity index (χ2v) is 7.69. The molecule has 0 aliphatic carbocycles. The molecule has 1 saturated heterocycles. The molecule has 0 spiro atoms. The lowest BCUT2D eigenvalue weighted by Gasteiger charge is -2.36. The second kappa shape index (κ2) is 7.37. The Bertz CT molecular complexity index is 1130. The molecule has 1 aliphatic rings. The summed E-state index contributed by atoms with van der Waals surface area (Å²) in [6.45, 7) is 7.07. The number of hydrogen-bond acceptors (Lipinski definition) is 5. The van der Waals surface area contributed by atoms with E-state index in [2.05, 4.69) is 16.4 Å². The number of nitrogens with zero attached hydrogens (tertiary/aromatic N) is 3. The fourth-order valence-electron chi connectivity index (χ4n) is 3.83. The molecule has 1 fully saturated rings. The van der Waals surface area contributed by atoms with Crippen molar-refractivity contribution < 1.29 is 14.3 Å². The van der Waals surface area contributed by atoms with Crippen molar-refractivity contribution in [3.8, 4) is 0 Å². The third-order valence-electron chi connectivity index (χ3n) is 5.21. The van der Waals surface area contributed by atoms with E-state index < -0.39 is 18.1 Å². The Hall–Kier alpha value is -2.71. The molecule has 6 nitrogen and oxygen atoms in total. The van der Waals surface area contributed by atoms with Gasteiger partial charge in [0.1, 0.15) is 17.1 Å². The number of carboxylic acid groups (broad SMARTS) is 1. The van der Waals surface area contributed by atoms with Gasteiger partial charge in [-0.3, -0.25) is 9.69 Å². The van der Waals surface area contributed by atoms with E-state index in [9.17, 15) is 19.1 Å². The molecule has 1 N–H and O–H groups in total. The van der Waals surface area contributed by atoms with E-state index in [1.807, 2.05) is 12.1 Å². The maximum absolute atomic E-state index is 13.8. The normalized spacial score (nSPS) is 15.4. The first kappa shape index (κ1) is 18.6. The second-order valence-electron chi connectivity index (χ2n) is 6.80. The summed E-state index contributed by atoms with van der Waals surface area (Å²) in [4.78, 5) is 29.2. The van der Waals surface area contributed by atoms with Gasteiger partial charge in [0.15, 0.2) is 0 Å². The van der Waals surface area contributed by atoms with Crippen LogP contribution < -0.4 is 10.3 Å². The SMILES string of the molecule is C=CCN1CCN(c2cc3c(cc2CF)c(=O)c(C(=O)O)c2sccn23)CC1. The number of pyridine rings is 1. The summed E-state index contributed by atoms with van der Waals surface area (Å²) in [5, 5.41) is 11.5. The predicted octanol–water partition coefficient (Wildman–Crippen LogP) is 2.99. The summed E-state index contributed by atoms with van der Waals surface area (Å²) < 4.78 is 15.6. The van der Waals surface area contributed by atoms with Crippen molar-refractivity contribution in [2.75, 3.05) is 37.6 Å². The number of piperazine rings is 1. The first-order valence-corrected chi connectivity index (χ1v) is 9.89. The summed E-state index contributed by atoms with van der Waals surface area (Å²) in [6.07, 6.45) is 3.62. The average molecular weight is 401 g/mol. The molecule has 28 heavy (non-hydrogen) atoms. The molecule has 0 atom stereocenters. The number of aromatic carboxylic acids is 1. The van der Waals surface area contributed by atoms with Gasteiger partial charge in [-0.15, -0.1) is 17.9 Å². The Morgan fingerprint density at radius 1 is 1.29 bits per heavy atom. The number of aromatic nitrogens is 1. The topological polar surface area (TPSA) is 65.3 Å². The van der Waals surface area contributed by atoms with E-state index in [0.29, 0.717) is 15.9 Å². The molecular formula is C20H20FN3O3S. The molecule has 4 rings (SSSR count). The fraction of sp³-hybridized carbons (Fsp3) is 0.300. The lowest BCUT2D eigenvalue weighted by molar-refractivity contribution is 0.0697. The highest BCUT2D eigenvalue weighted by Gasteiger charge is 2.23.